The molecule has 0 unspecified atom stereocenters. The zero-order chi connectivity index (χ0) is 16.9. The highest BCUT2D eigenvalue weighted by molar-refractivity contribution is 7.08. The predicted molar refractivity (Wildman–Crippen MR) is 93.3 cm³/mol. The molecule has 2 atom stereocenters. The van der Waals surface area contributed by atoms with Gasteiger partial charge in [0.2, 0.25) is 0 Å². The fourth-order valence-corrected chi connectivity index (χ4v) is 4.13. The molecule has 24 heavy (non-hydrogen) atoms. The Morgan fingerprint density at radius 3 is 3.04 bits per heavy atom. The average Bonchev–Trinajstić information content (AvgIpc) is 3.05. The molecule has 132 valence electrons. The summed E-state index contributed by atoms with van der Waals surface area (Å²) < 4.78 is 5.71. The first kappa shape index (κ1) is 17.2. The van der Waals surface area contributed by atoms with Crippen molar-refractivity contribution in [3.05, 3.63) is 22.4 Å². The molecule has 3 rings (SSSR count). The predicted octanol–water partition coefficient (Wildman–Crippen LogP) is 2.03. The molecule has 3 amide bonds. The first-order valence-electron chi connectivity index (χ1n) is 8.64. The Kier molecular flexibility index (Phi) is 5.73. The maximum Gasteiger partial charge on any atom is 0.317 e. The summed E-state index contributed by atoms with van der Waals surface area (Å²) >= 11 is 1.54. The largest absolute Gasteiger partial charge is 0.379 e. The molecule has 0 saturated carbocycles. The lowest BCUT2D eigenvalue weighted by Crippen LogP contribution is -2.56. The Balaban J connectivity index is 1.67. The van der Waals surface area contributed by atoms with Crippen molar-refractivity contribution >= 4 is 23.3 Å². The van der Waals surface area contributed by atoms with Gasteiger partial charge in [0, 0.05) is 43.5 Å². The Labute approximate surface area is 146 Å². The van der Waals surface area contributed by atoms with Crippen LogP contribution in [0, 0.1) is 5.92 Å². The van der Waals surface area contributed by atoms with E-state index in [2.05, 4.69) is 5.32 Å². The topological polar surface area (TPSA) is 61.9 Å². The summed E-state index contributed by atoms with van der Waals surface area (Å²) in [6.45, 7) is 5.86. The maximum atomic E-state index is 12.6. The van der Waals surface area contributed by atoms with Crippen molar-refractivity contribution in [1.82, 2.24) is 15.1 Å². The molecule has 2 aliphatic heterocycles. The number of rotatable bonds is 3. The first-order valence-corrected chi connectivity index (χ1v) is 9.58. The molecule has 2 fully saturated rings. The number of nitrogens with one attached hydrogen (secondary N) is 1. The summed E-state index contributed by atoms with van der Waals surface area (Å²) in [4.78, 5) is 28.8. The van der Waals surface area contributed by atoms with Crippen molar-refractivity contribution in [1.29, 1.82) is 0 Å². The van der Waals surface area contributed by atoms with E-state index in [4.69, 9.17) is 4.74 Å². The third-order valence-electron chi connectivity index (χ3n) is 4.75. The summed E-state index contributed by atoms with van der Waals surface area (Å²) in [5.41, 5.74) is 0.755. The molecule has 1 aromatic heterocycles. The van der Waals surface area contributed by atoms with Crippen molar-refractivity contribution in [2.75, 3.05) is 39.4 Å². The van der Waals surface area contributed by atoms with E-state index in [0.717, 1.165) is 18.4 Å². The van der Waals surface area contributed by atoms with Crippen LogP contribution in [-0.4, -0.2) is 67.2 Å². The molecule has 0 spiro atoms. The van der Waals surface area contributed by atoms with Crippen LogP contribution in [0.5, 0.6) is 0 Å². The molecular weight excluding hydrogens is 326 g/mol. The molecule has 2 aliphatic rings. The summed E-state index contributed by atoms with van der Waals surface area (Å²) in [5.74, 6) is 0.261. The molecule has 0 aliphatic carbocycles. The van der Waals surface area contributed by atoms with Crippen molar-refractivity contribution in [2.24, 2.45) is 5.92 Å². The van der Waals surface area contributed by atoms with E-state index >= 15 is 0 Å². The van der Waals surface area contributed by atoms with Crippen molar-refractivity contribution in [3.63, 3.8) is 0 Å². The highest BCUT2D eigenvalue weighted by atomic mass is 32.1. The second-order valence-corrected chi connectivity index (χ2v) is 7.16. The molecule has 0 aromatic carbocycles. The highest BCUT2D eigenvalue weighted by Crippen LogP contribution is 2.26. The molecule has 0 bridgehead atoms. The summed E-state index contributed by atoms with van der Waals surface area (Å²) in [6, 6.07) is 2.01. The van der Waals surface area contributed by atoms with Crippen LogP contribution < -0.4 is 5.32 Å². The molecule has 6 nitrogen and oxygen atoms in total. The Bertz CT molecular complexity index is 563. The average molecular weight is 351 g/mol. The fourth-order valence-electron chi connectivity index (χ4n) is 3.50. The number of thiophene rings is 1. The van der Waals surface area contributed by atoms with Crippen molar-refractivity contribution in [3.8, 4) is 0 Å². The molecule has 0 radical (unpaired) electrons. The Morgan fingerprint density at radius 1 is 1.42 bits per heavy atom. The third-order valence-corrected chi connectivity index (χ3v) is 5.43. The summed E-state index contributed by atoms with van der Waals surface area (Å²) in [6.07, 6.45) is 1.73. The van der Waals surface area contributed by atoms with E-state index in [1.807, 2.05) is 33.6 Å². The van der Waals surface area contributed by atoms with Crippen molar-refractivity contribution < 1.29 is 14.3 Å². The van der Waals surface area contributed by atoms with E-state index in [9.17, 15) is 9.59 Å². The van der Waals surface area contributed by atoms with Crippen LogP contribution >= 0.6 is 11.3 Å². The van der Waals surface area contributed by atoms with Gasteiger partial charge in [0.15, 0.2) is 0 Å². The van der Waals surface area contributed by atoms with Gasteiger partial charge in [-0.1, -0.05) is 6.92 Å². The lowest BCUT2D eigenvalue weighted by atomic mass is 9.91. The number of ether oxygens (including phenoxy) is 1. The van der Waals surface area contributed by atoms with Crippen LogP contribution in [0.15, 0.2) is 16.8 Å². The summed E-state index contributed by atoms with van der Waals surface area (Å²) in [5, 5.41) is 6.79. The van der Waals surface area contributed by atoms with Gasteiger partial charge in [-0.3, -0.25) is 4.79 Å². The highest BCUT2D eigenvalue weighted by Gasteiger charge is 2.38. The van der Waals surface area contributed by atoms with Gasteiger partial charge < -0.3 is 19.9 Å². The van der Waals surface area contributed by atoms with Gasteiger partial charge in [-0.05, 0) is 24.3 Å². The number of amides is 3. The second-order valence-electron chi connectivity index (χ2n) is 6.38. The minimum Gasteiger partial charge on any atom is -0.379 e. The van der Waals surface area contributed by atoms with Gasteiger partial charge >= 0.3 is 6.03 Å². The smallest absolute Gasteiger partial charge is 0.317 e. The zero-order valence-electron chi connectivity index (χ0n) is 14.1. The Hall–Kier alpha value is -1.60. The van der Waals surface area contributed by atoms with Crippen LogP contribution in [0.2, 0.25) is 0 Å². The van der Waals surface area contributed by atoms with Crippen LogP contribution in [0.3, 0.4) is 0 Å². The number of piperidine rings is 1. The van der Waals surface area contributed by atoms with Crippen LogP contribution in [0.1, 0.15) is 30.1 Å². The van der Waals surface area contributed by atoms with Gasteiger partial charge in [0.1, 0.15) is 0 Å². The number of hydrogen-bond donors (Lipinski definition) is 1. The number of fused-ring (bicyclic) bond motifs is 1. The SMILES string of the molecule is CCCNC(=O)N1CCOC[C@H]2CN(C(=O)c3ccsc3)CC[C@H]21. The molecule has 2 saturated heterocycles. The van der Waals surface area contributed by atoms with E-state index < -0.39 is 0 Å². The van der Waals surface area contributed by atoms with Crippen LogP contribution in [0.25, 0.3) is 0 Å². The van der Waals surface area contributed by atoms with E-state index in [0.29, 0.717) is 39.4 Å². The van der Waals surface area contributed by atoms with E-state index in [1.165, 1.54) is 11.3 Å². The number of carbonyl (C=O) groups is 2. The number of urea groups is 1. The lowest BCUT2D eigenvalue weighted by molar-refractivity contribution is 0.0432. The minimum absolute atomic E-state index is 0.00467. The van der Waals surface area contributed by atoms with Gasteiger partial charge in [-0.2, -0.15) is 11.3 Å². The number of nitrogens with zero attached hydrogens (tertiary/aromatic N) is 2. The fraction of sp³-hybridized carbons (Fsp3) is 0.647. The standard InChI is InChI=1S/C17H25N3O3S/c1-2-5-18-17(22)20-7-8-23-11-14-10-19(6-3-15(14)20)16(21)13-4-9-24-12-13/h4,9,12,14-15H,2-3,5-8,10-11H2,1H3,(H,18,22)/t14-,15-/m1/s1. The number of carbonyl (C=O) groups excluding carboxylic acids is 2. The molecular formula is C17H25N3O3S. The van der Waals surface area contributed by atoms with Crippen molar-refractivity contribution in [2.45, 2.75) is 25.8 Å². The first-order chi connectivity index (χ1) is 11.7. The second kappa shape index (κ2) is 7.98. The lowest BCUT2D eigenvalue weighted by Gasteiger charge is -2.41. The van der Waals surface area contributed by atoms with E-state index in [-0.39, 0.29) is 23.9 Å². The van der Waals surface area contributed by atoms with Gasteiger partial charge in [-0.25, -0.2) is 4.79 Å². The van der Waals surface area contributed by atoms with Crippen LogP contribution in [-0.2, 0) is 4.74 Å². The van der Waals surface area contributed by atoms with Gasteiger partial charge in [0.25, 0.3) is 5.91 Å². The summed E-state index contributed by atoms with van der Waals surface area (Å²) in [7, 11) is 0. The third kappa shape index (κ3) is 3.72. The molecule has 1 N–H and O–H groups in total. The molecule has 7 heteroatoms. The Morgan fingerprint density at radius 2 is 2.29 bits per heavy atom. The van der Waals surface area contributed by atoms with E-state index in [1.54, 1.807) is 0 Å². The zero-order valence-corrected chi connectivity index (χ0v) is 14.9. The van der Waals surface area contributed by atoms with Gasteiger partial charge in [-0.15, -0.1) is 0 Å². The van der Waals surface area contributed by atoms with Crippen LogP contribution in [0.4, 0.5) is 4.79 Å². The quantitative estimate of drug-likeness (QED) is 0.906. The molecule has 1 aromatic rings. The molecule has 3 heterocycles. The van der Waals surface area contributed by atoms with Gasteiger partial charge in [0.05, 0.1) is 18.8 Å². The monoisotopic (exact) mass is 351 g/mol. The number of hydrogen-bond acceptors (Lipinski definition) is 4. The number of likely N-dealkylation sites (tertiary alicyclic amines) is 1. The minimum atomic E-state index is -0.00467. The normalized spacial score (nSPS) is 24.2. The maximum absolute atomic E-state index is 12.6.